The Morgan fingerprint density at radius 3 is 2.45 bits per heavy atom. The number of nitrogens with one attached hydrogen (secondary N) is 4. The number of rotatable bonds is 5. The Kier molecular flexibility index (Phi) is 4.66. The van der Waals surface area contributed by atoms with Crippen LogP contribution in [0.25, 0.3) is 11.1 Å². The SMILES string of the molecule is NS(=O)(=O)c1cccc(-c2ccc(CC3OC(=O)NC3=O)cc2)c1C1=NNNN1. The number of imide groups is 1. The molecule has 0 bridgehead atoms. The van der Waals surface area contributed by atoms with Gasteiger partial charge in [-0.05, 0) is 22.8 Å². The van der Waals surface area contributed by atoms with Gasteiger partial charge in [-0.15, -0.1) is 10.6 Å². The number of hydrazine groups is 2. The Balaban J connectivity index is 1.70. The number of carbonyl (C=O) groups is 2. The van der Waals surface area contributed by atoms with Crippen molar-refractivity contribution < 1.29 is 22.7 Å². The highest BCUT2D eigenvalue weighted by Crippen LogP contribution is 2.29. The third-order valence-electron chi connectivity index (χ3n) is 4.43. The van der Waals surface area contributed by atoms with Gasteiger partial charge < -0.3 is 4.74 Å². The third kappa shape index (κ3) is 3.76. The third-order valence-corrected chi connectivity index (χ3v) is 5.38. The average molecular weight is 416 g/mol. The molecule has 1 fully saturated rings. The summed E-state index contributed by atoms with van der Waals surface area (Å²) in [7, 11) is -4.01. The molecule has 0 aliphatic carbocycles. The van der Waals surface area contributed by atoms with Gasteiger partial charge in [0, 0.05) is 12.0 Å². The molecule has 2 heterocycles. The van der Waals surface area contributed by atoms with Gasteiger partial charge in [0.2, 0.25) is 10.0 Å². The van der Waals surface area contributed by atoms with Gasteiger partial charge in [0.15, 0.2) is 11.9 Å². The maximum atomic E-state index is 12.1. The van der Waals surface area contributed by atoms with Crippen molar-refractivity contribution in [3.05, 3.63) is 53.6 Å². The highest BCUT2D eigenvalue weighted by atomic mass is 32.2. The molecular weight excluding hydrogens is 400 g/mol. The maximum Gasteiger partial charge on any atom is 0.414 e. The van der Waals surface area contributed by atoms with Crippen LogP contribution < -0.4 is 27.0 Å². The van der Waals surface area contributed by atoms with Crippen molar-refractivity contribution in [3.63, 3.8) is 0 Å². The second-order valence-electron chi connectivity index (χ2n) is 6.33. The van der Waals surface area contributed by atoms with Gasteiger partial charge in [0.25, 0.3) is 5.91 Å². The first-order chi connectivity index (χ1) is 13.8. The van der Waals surface area contributed by atoms with E-state index in [9.17, 15) is 18.0 Å². The zero-order valence-electron chi connectivity index (χ0n) is 14.8. The summed E-state index contributed by atoms with van der Waals surface area (Å²) in [5, 5.41) is 11.5. The van der Waals surface area contributed by atoms with Gasteiger partial charge >= 0.3 is 6.09 Å². The number of hydrogen-bond donors (Lipinski definition) is 5. The maximum absolute atomic E-state index is 12.1. The number of sulfonamides is 1. The first kappa shape index (κ1) is 18.9. The molecule has 2 aromatic carbocycles. The van der Waals surface area contributed by atoms with Gasteiger partial charge in [-0.1, -0.05) is 36.4 Å². The topological polar surface area (TPSA) is 164 Å². The molecule has 1 saturated heterocycles. The van der Waals surface area contributed by atoms with E-state index in [0.717, 1.165) is 5.56 Å². The lowest BCUT2D eigenvalue weighted by Gasteiger charge is -2.14. The summed E-state index contributed by atoms with van der Waals surface area (Å²) in [6.45, 7) is 0. The molecule has 6 N–H and O–H groups in total. The molecule has 2 amide bonds. The number of benzene rings is 2. The number of hydrazone groups is 1. The molecule has 4 rings (SSSR count). The molecule has 0 radical (unpaired) electrons. The number of nitrogens with zero attached hydrogens (tertiary/aromatic N) is 1. The molecule has 2 aromatic rings. The van der Waals surface area contributed by atoms with Crippen LogP contribution in [0.2, 0.25) is 0 Å². The number of primary sulfonamides is 1. The van der Waals surface area contributed by atoms with Crippen molar-refractivity contribution in [2.45, 2.75) is 17.4 Å². The molecule has 2 aliphatic heterocycles. The van der Waals surface area contributed by atoms with Crippen molar-refractivity contribution in [2.75, 3.05) is 0 Å². The number of hydrogen-bond acceptors (Lipinski definition) is 9. The molecule has 1 unspecified atom stereocenters. The molecule has 12 heteroatoms. The summed E-state index contributed by atoms with van der Waals surface area (Å²) >= 11 is 0. The number of alkyl carbamates (subject to hydrolysis) is 1. The monoisotopic (exact) mass is 416 g/mol. The van der Waals surface area contributed by atoms with E-state index in [0.29, 0.717) is 16.7 Å². The molecule has 2 aliphatic rings. The number of cyclic esters (lactones) is 1. The van der Waals surface area contributed by atoms with Crippen LogP contribution in [0.15, 0.2) is 52.5 Å². The van der Waals surface area contributed by atoms with E-state index in [1.807, 2.05) is 0 Å². The summed E-state index contributed by atoms with van der Waals surface area (Å²) < 4.78 is 29.1. The smallest absolute Gasteiger partial charge is 0.414 e. The number of carbonyl (C=O) groups excluding carboxylic acids is 2. The van der Waals surface area contributed by atoms with Crippen molar-refractivity contribution in [3.8, 4) is 11.1 Å². The molecule has 1 atom stereocenters. The first-order valence-corrected chi connectivity index (χ1v) is 9.98. The standard InChI is InChI=1S/C17H16N6O5S/c18-29(26,27)13-3-1-2-11(14(13)15-20-22-23-21-15)10-6-4-9(5-7-10)8-12-16(24)19-17(25)28-12/h1-7,12,22-23H,8H2,(H,20,21)(H2,18,26,27)(H,19,24,25). The summed E-state index contributed by atoms with van der Waals surface area (Å²) in [4.78, 5) is 22.7. The van der Waals surface area contributed by atoms with E-state index in [1.165, 1.54) is 6.07 Å². The average Bonchev–Trinajstić information content (AvgIpc) is 3.31. The van der Waals surface area contributed by atoms with Gasteiger partial charge in [-0.3, -0.25) is 15.5 Å². The van der Waals surface area contributed by atoms with Crippen molar-refractivity contribution in [1.82, 2.24) is 21.8 Å². The molecule has 0 spiro atoms. The lowest BCUT2D eigenvalue weighted by atomic mass is 9.97. The van der Waals surface area contributed by atoms with Gasteiger partial charge in [0.05, 0.1) is 4.90 Å². The predicted octanol–water partition coefficient (Wildman–Crippen LogP) is -0.547. The van der Waals surface area contributed by atoms with Crippen LogP contribution in [-0.4, -0.2) is 32.4 Å². The Morgan fingerprint density at radius 1 is 1.10 bits per heavy atom. The van der Waals surface area contributed by atoms with E-state index in [4.69, 9.17) is 9.88 Å². The summed E-state index contributed by atoms with van der Waals surface area (Å²) in [6.07, 6.45) is -1.40. The number of ether oxygens (including phenoxy) is 1. The minimum Gasteiger partial charge on any atom is -0.435 e. The molecule has 11 nitrogen and oxygen atoms in total. The van der Waals surface area contributed by atoms with Crippen LogP contribution in [-0.2, 0) is 26.0 Å². The van der Waals surface area contributed by atoms with Gasteiger partial charge in [-0.25, -0.2) is 23.9 Å². The second-order valence-corrected chi connectivity index (χ2v) is 7.86. The normalized spacial score (nSPS) is 18.5. The summed E-state index contributed by atoms with van der Waals surface area (Å²) in [6, 6.07) is 11.8. The van der Waals surface area contributed by atoms with E-state index < -0.39 is 28.1 Å². The van der Waals surface area contributed by atoms with Crippen molar-refractivity contribution in [2.24, 2.45) is 10.2 Å². The van der Waals surface area contributed by atoms with E-state index >= 15 is 0 Å². The summed E-state index contributed by atoms with van der Waals surface area (Å²) in [5.74, 6) is -0.212. The Bertz CT molecular complexity index is 1130. The minimum absolute atomic E-state index is 0.0784. The molecule has 0 aromatic heterocycles. The van der Waals surface area contributed by atoms with Crippen molar-refractivity contribution >= 4 is 27.9 Å². The quantitative estimate of drug-likeness (QED) is 0.433. The zero-order chi connectivity index (χ0) is 20.6. The molecule has 29 heavy (non-hydrogen) atoms. The molecule has 0 saturated carbocycles. The Hall–Kier alpha value is -3.48. The van der Waals surface area contributed by atoms with E-state index in [-0.39, 0.29) is 17.2 Å². The fourth-order valence-corrected chi connectivity index (χ4v) is 3.89. The Labute approximate surface area is 165 Å². The first-order valence-electron chi connectivity index (χ1n) is 8.43. The van der Waals surface area contributed by atoms with E-state index in [2.05, 4.69) is 26.9 Å². The van der Waals surface area contributed by atoms with Crippen LogP contribution in [0.4, 0.5) is 4.79 Å². The van der Waals surface area contributed by atoms with E-state index in [1.54, 1.807) is 36.4 Å². The fourth-order valence-electron chi connectivity index (χ4n) is 3.13. The fraction of sp³-hybridized carbons (Fsp3) is 0.118. The predicted molar refractivity (Wildman–Crippen MR) is 101 cm³/mol. The van der Waals surface area contributed by atoms with Crippen molar-refractivity contribution in [1.29, 1.82) is 0 Å². The van der Waals surface area contributed by atoms with Crippen LogP contribution in [0.5, 0.6) is 0 Å². The molecule has 150 valence electrons. The minimum atomic E-state index is -4.01. The van der Waals surface area contributed by atoms with Crippen LogP contribution in [0, 0.1) is 0 Å². The number of amidine groups is 1. The lowest BCUT2D eigenvalue weighted by molar-refractivity contribution is -0.123. The van der Waals surface area contributed by atoms with Gasteiger partial charge in [-0.2, -0.15) is 0 Å². The second kappa shape index (κ2) is 7.16. The Morgan fingerprint density at radius 2 is 1.86 bits per heavy atom. The van der Waals surface area contributed by atoms with Gasteiger partial charge in [0.1, 0.15) is 0 Å². The summed E-state index contributed by atoms with van der Waals surface area (Å²) in [5.41, 5.74) is 10.2. The highest BCUT2D eigenvalue weighted by molar-refractivity contribution is 7.89. The van der Waals surface area contributed by atoms with Crippen LogP contribution >= 0.6 is 0 Å². The largest absolute Gasteiger partial charge is 0.435 e. The molecular formula is C17H16N6O5S. The van der Waals surface area contributed by atoms with Crippen LogP contribution in [0.1, 0.15) is 11.1 Å². The zero-order valence-corrected chi connectivity index (χ0v) is 15.6. The van der Waals surface area contributed by atoms with Crippen LogP contribution in [0.3, 0.4) is 0 Å². The lowest BCUT2D eigenvalue weighted by Crippen LogP contribution is -2.36. The highest BCUT2D eigenvalue weighted by Gasteiger charge is 2.32. The number of nitrogens with two attached hydrogens (primary N) is 1. The number of amides is 2.